The Labute approximate surface area is 315 Å². The van der Waals surface area contributed by atoms with Crippen LogP contribution in [0.15, 0.2) is 60.8 Å². The lowest BCUT2D eigenvalue weighted by Gasteiger charge is -2.19. The second kappa shape index (κ2) is 38.4. The molecular formula is C41H72NO9P. The number of allylic oxidation sites excluding steroid dienone is 10. The van der Waals surface area contributed by atoms with E-state index in [0.717, 1.165) is 77.0 Å². The molecular weight excluding hydrogens is 681 g/mol. The van der Waals surface area contributed by atoms with Crippen molar-refractivity contribution in [2.45, 2.75) is 154 Å². The van der Waals surface area contributed by atoms with Gasteiger partial charge >= 0.3 is 19.8 Å². The van der Waals surface area contributed by atoms with Crippen molar-refractivity contribution < 1.29 is 42.7 Å². The van der Waals surface area contributed by atoms with Gasteiger partial charge in [0.25, 0.3) is 0 Å². The normalized spacial score (nSPS) is 14.0. The maximum Gasteiger partial charge on any atom is 0.472 e. The van der Waals surface area contributed by atoms with E-state index in [4.69, 9.17) is 29.4 Å². The number of aliphatic hydroxyl groups is 1. The molecule has 0 aliphatic carbocycles. The quantitative estimate of drug-likeness (QED) is 0.0242. The zero-order chi connectivity index (χ0) is 38.2. The minimum atomic E-state index is -4.40. The van der Waals surface area contributed by atoms with Crippen molar-refractivity contribution in [1.29, 1.82) is 0 Å². The highest BCUT2D eigenvalue weighted by molar-refractivity contribution is 7.47. The number of phosphoric acid groups is 1. The van der Waals surface area contributed by atoms with Crippen LogP contribution in [-0.4, -0.2) is 61.0 Å². The van der Waals surface area contributed by atoms with Gasteiger partial charge in [0.05, 0.1) is 13.2 Å². The Balaban J connectivity index is 4.33. The summed E-state index contributed by atoms with van der Waals surface area (Å²) in [6.45, 7) is 1.62. The molecule has 0 spiro atoms. The van der Waals surface area contributed by atoms with Crippen molar-refractivity contribution in [3.05, 3.63) is 60.8 Å². The molecule has 0 aliphatic rings. The highest BCUT2D eigenvalue weighted by Gasteiger charge is 2.25. The van der Waals surface area contributed by atoms with E-state index in [1.54, 1.807) is 0 Å². The van der Waals surface area contributed by atoms with Crippen LogP contribution >= 0.6 is 7.82 Å². The molecule has 52 heavy (non-hydrogen) atoms. The zero-order valence-electron chi connectivity index (χ0n) is 32.2. The summed E-state index contributed by atoms with van der Waals surface area (Å²) >= 11 is 0. The molecule has 0 aromatic rings. The van der Waals surface area contributed by atoms with Crippen LogP contribution in [0, 0.1) is 0 Å². The molecule has 0 bridgehead atoms. The van der Waals surface area contributed by atoms with Crippen LogP contribution in [0.1, 0.15) is 148 Å². The molecule has 2 atom stereocenters. The van der Waals surface area contributed by atoms with Gasteiger partial charge in [-0.05, 0) is 83.5 Å². The third kappa shape index (κ3) is 37.4. The van der Waals surface area contributed by atoms with Crippen molar-refractivity contribution in [1.82, 2.24) is 0 Å². The lowest BCUT2D eigenvalue weighted by atomic mass is 10.1. The maximum absolute atomic E-state index is 12.5. The second-order valence-electron chi connectivity index (χ2n) is 12.9. The van der Waals surface area contributed by atoms with Crippen LogP contribution < -0.4 is 5.73 Å². The van der Waals surface area contributed by atoms with Gasteiger partial charge < -0.3 is 25.2 Å². The topological polar surface area (TPSA) is 155 Å². The molecule has 0 heterocycles. The van der Waals surface area contributed by atoms with Crippen LogP contribution in [0.3, 0.4) is 0 Å². The monoisotopic (exact) mass is 753 g/mol. The Morgan fingerprint density at radius 2 is 1.10 bits per heavy atom. The summed E-state index contributed by atoms with van der Waals surface area (Å²) in [6.07, 6.45) is 41.3. The predicted octanol–water partition coefficient (Wildman–Crippen LogP) is 9.91. The molecule has 0 saturated heterocycles. The third-order valence-corrected chi connectivity index (χ3v) is 8.91. The molecule has 0 aromatic carbocycles. The van der Waals surface area contributed by atoms with E-state index in [1.165, 1.54) is 32.1 Å². The summed E-state index contributed by atoms with van der Waals surface area (Å²) < 4.78 is 32.6. The fourth-order valence-corrected chi connectivity index (χ4v) is 5.72. The molecule has 0 radical (unpaired) electrons. The number of nitrogens with two attached hydrogens (primary N) is 1. The van der Waals surface area contributed by atoms with Gasteiger partial charge in [-0.25, -0.2) is 4.57 Å². The van der Waals surface area contributed by atoms with Crippen LogP contribution in [0.4, 0.5) is 0 Å². The summed E-state index contributed by atoms with van der Waals surface area (Å²) in [6, 6.07) is 0. The Morgan fingerprint density at radius 3 is 1.67 bits per heavy atom. The lowest BCUT2D eigenvalue weighted by Crippen LogP contribution is -2.29. The first kappa shape index (κ1) is 49.7. The molecule has 0 rings (SSSR count). The summed E-state index contributed by atoms with van der Waals surface area (Å²) in [4.78, 5) is 34.7. The molecule has 4 N–H and O–H groups in total. The van der Waals surface area contributed by atoms with Gasteiger partial charge in [0.15, 0.2) is 6.10 Å². The number of hydrogen-bond acceptors (Lipinski definition) is 9. The standard InChI is InChI=1S/C41H72NO9P/c1-2-3-4-5-6-7-8-14-17-20-23-26-29-32-40(44)48-37-39(38-50-52(46,47)49-36-34-42)51-41(45)33-30-27-24-21-18-15-12-10-9-11-13-16-19-22-25-28-31-35-43/h7-9,11-12,15-16,19,21,24,39,43H,2-6,10,13-14,17-18,20,22-23,25-38,42H2,1H3,(H,46,47)/b8-7-,11-9-,15-12-,19-16-,24-21-. The Morgan fingerprint density at radius 1 is 0.615 bits per heavy atom. The van der Waals surface area contributed by atoms with Crippen LogP contribution in [-0.2, 0) is 32.7 Å². The van der Waals surface area contributed by atoms with Gasteiger partial charge in [-0.15, -0.1) is 0 Å². The van der Waals surface area contributed by atoms with Crippen molar-refractivity contribution in [2.75, 3.05) is 33.0 Å². The molecule has 10 nitrogen and oxygen atoms in total. The van der Waals surface area contributed by atoms with Gasteiger partial charge in [-0.1, -0.05) is 113 Å². The van der Waals surface area contributed by atoms with Gasteiger partial charge in [-0.2, -0.15) is 0 Å². The van der Waals surface area contributed by atoms with Crippen LogP contribution in [0.2, 0.25) is 0 Å². The second-order valence-corrected chi connectivity index (χ2v) is 14.3. The smallest absolute Gasteiger partial charge is 0.462 e. The van der Waals surface area contributed by atoms with E-state index in [9.17, 15) is 19.0 Å². The van der Waals surface area contributed by atoms with Gasteiger partial charge in [0.2, 0.25) is 0 Å². The zero-order valence-corrected chi connectivity index (χ0v) is 33.1. The summed E-state index contributed by atoms with van der Waals surface area (Å²) in [5.41, 5.74) is 5.33. The van der Waals surface area contributed by atoms with Gasteiger partial charge in [0, 0.05) is 26.0 Å². The Hall–Kier alpha value is -2.33. The van der Waals surface area contributed by atoms with Gasteiger partial charge in [-0.3, -0.25) is 18.6 Å². The van der Waals surface area contributed by atoms with Gasteiger partial charge in [0.1, 0.15) is 6.61 Å². The highest BCUT2D eigenvalue weighted by atomic mass is 31.2. The molecule has 11 heteroatoms. The molecule has 0 amide bonds. The number of ether oxygens (including phenoxy) is 2. The van der Waals surface area contributed by atoms with Crippen LogP contribution in [0.25, 0.3) is 0 Å². The van der Waals surface area contributed by atoms with Crippen molar-refractivity contribution >= 4 is 19.8 Å². The number of carbonyl (C=O) groups is 2. The number of aliphatic hydroxyl groups excluding tert-OH is 1. The molecule has 0 aromatic heterocycles. The molecule has 300 valence electrons. The molecule has 0 fully saturated rings. The van der Waals surface area contributed by atoms with E-state index < -0.39 is 32.5 Å². The first-order chi connectivity index (χ1) is 25.3. The summed E-state index contributed by atoms with van der Waals surface area (Å²) in [5, 5.41) is 8.78. The molecule has 0 saturated carbocycles. The van der Waals surface area contributed by atoms with E-state index in [-0.39, 0.29) is 39.2 Å². The average molecular weight is 754 g/mol. The fraction of sp³-hybridized carbons (Fsp3) is 0.707. The van der Waals surface area contributed by atoms with E-state index in [1.807, 2.05) is 6.08 Å². The SMILES string of the molecule is CCCCCC/C=C\CCCCCCCC(=O)OCC(COP(=O)(O)OCCN)OC(=O)CCC/C=C\C/C=C\C/C=C\C/C=C\CCCCCO. The van der Waals surface area contributed by atoms with Crippen molar-refractivity contribution in [3.63, 3.8) is 0 Å². The largest absolute Gasteiger partial charge is 0.472 e. The Bertz CT molecular complexity index is 1040. The molecule has 2 unspecified atom stereocenters. The number of esters is 2. The van der Waals surface area contributed by atoms with E-state index >= 15 is 0 Å². The number of rotatable bonds is 37. The maximum atomic E-state index is 12.5. The first-order valence-electron chi connectivity index (χ1n) is 19.9. The minimum Gasteiger partial charge on any atom is -0.462 e. The average Bonchev–Trinajstić information content (AvgIpc) is 3.13. The summed E-state index contributed by atoms with van der Waals surface area (Å²) in [7, 11) is -4.40. The lowest BCUT2D eigenvalue weighted by molar-refractivity contribution is -0.161. The van der Waals surface area contributed by atoms with Crippen molar-refractivity contribution in [2.24, 2.45) is 5.73 Å². The van der Waals surface area contributed by atoms with Crippen molar-refractivity contribution in [3.8, 4) is 0 Å². The molecule has 0 aliphatic heterocycles. The van der Waals surface area contributed by atoms with E-state index in [0.29, 0.717) is 19.3 Å². The van der Waals surface area contributed by atoms with E-state index in [2.05, 4.69) is 61.6 Å². The minimum absolute atomic E-state index is 0.0366. The highest BCUT2D eigenvalue weighted by Crippen LogP contribution is 2.43. The number of carbonyl (C=O) groups excluding carboxylic acids is 2. The first-order valence-corrected chi connectivity index (χ1v) is 21.4. The number of hydrogen-bond donors (Lipinski definition) is 3. The summed E-state index contributed by atoms with van der Waals surface area (Å²) in [5.74, 6) is -0.925. The third-order valence-electron chi connectivity index (χ3n) is 7.93. The predicted molar refractivity (Wildman–Crippen MR) is 212 cm³/mol. The fourth-order valence-electron chi connectivity index (χ4n) is 4.95. The number of unbranched alkanes of at least 4 members (excludes halogenated alkanes) is 13. The number of phosphoric ester groups is 1. The Kier molecular flexibility index (Phi) is 36.7. The van der Waals surface area contributed by atoms with Crippen LogP contribution in [0.5, 0.6) is 0 Å².